The van der Waals surface area contributed by atoms with Gasteiger partial charge >= 0.3 is 0 Å². The van der Waals surface area contributed by atoms with Crippen LogP contribution in [0.5, 0.6) is 5.75 Å². The van der Waals surface area contributed by atoms with Gasteiger partial charge in [-0.15, -0.1) is 10.2 Å². The van der Waals surface area contributed by atoms with Gasteiger partial charge in [-0.3, -0.25) is 9.48 Å². The van der Waals surface area contributed by atoms with Gasteiger partial charge in [0.15, 0.2) is 5.82 Å². The predicted molar refractivity (Wildman–Crippen MR) is 152 cm³/mol. The highest BCUT2D eigenvalue weighted by Gasteiger charge is 2.22. The van der Waals surface area contributed by atoms with Gasteiger partial charge < -0.3 is 26.0 Å². The van der Waals surface area contributed by atoms with Crippen molar-refractivity contribution in [1.29, 1.82) is 0 Å². The van der Waals surface area contributed by atoms with Crippen molar-refractivity contribution in [3.05, 3.63) is 65.9 Å². The number of aromatic hydroxyl groups is 1. The molecule has 0 unspecified atom stereocenters. The van der Waals surface area contributed by atoms with E-state index in [0.29, 0.717) is 54.8 Å². The number of hydrogen-bond donors (Lipinski definition) is 3. The molecule has 0 spiro atoms. The van der Waals surface area contributed by atoms with E-state index in [2.05, 4.69) is 52.2 Å². The van der Waals surface area contributed by atoms with Crippen LogP contribution in [0.15, 0.2) is 48.7 Å². The molecule has 1 aliphatic heterocycles. The maximum atomic E-state index is 12.3. The van der Waals surface area contributed by atoms with Crippen LogP contribution in [-0.2, 0) is 13.5 Å². The summed E-state index contributed by atoms with van der Waals surface area (Å²) in [6.07, 6.45) is 2.48. The first-order chi connectivity index (χ1) is 19.4. The van der Waals surface area contributed by atoms with Crippen molar-refractivity contribution in [2.75, 3.05) is 48.3 Å². The van der Waals surface area contributed by atoms with Gasteiger partial charge in [0.05, 0.1) is 17.9 Å². The highest BCUT2D eigenvalue weighted by Crippen LogP contribution is 2.31. The molecule has 1 saturated heterocycles. The number of aryl methyl sites for hydroxylation is 2. The quantitative estimate of drug-likeness (QED) is 0.309. The molecule has 204 valence electrons. The van der Waals surface area contributed by atoms with Crippen LogP contribution >= 0.6 is 0 Å². The van der Waals surface area contributed by atoms with Gasteiger partial charge in [0, 0.05) is 50.7 Å². The lowest BCUT2D eigenvalue weighted by Crippen LogP contribution is -2.47. The second-order valence-electron chi connectivity index (χ2n) is 9.21. The fraction of sp³-hybridized carbons (Fsp3) is 0.286. The molecule has 12 heteroatoms. The molecule has 0 bridgehead atoms. The number of piperazine rings is 1. The molecule has 4 heterocycles. The van der Waals surface area contributed by atoms with Crippen molar-refractivity contribution in [2.24, 2.45) is 7.05 Å². The zero-order chi connectivity index (χ0) is 28.1. The van der Waals surface area contributed by atoms with Crippen LogP contribution in [0.2, 0.25) is 0 Å². The summed E-state index contributed by atoms with van der Waals surface area (Å²) in [5.74, 6) is 7.21. The Morgan fingerprint density at radius 3 is 2.62 bits per heavy atom. The topological polar surface area (TPSA) is 151 Å². The molecule has 5 rings (SSSR count). The molecular weight excluding hydrogens is 508 g/mol. The molecule has 0 aliphatic carbocycles. The number of amides is 1. The molecule has 40 heavy (non-hydrogen) atoms. The van der Waals surface area contributed by atoms with E-state index >= 15 is 0 Å². The summed E-state index contributed by atoms with van der Waals surface area (Å²) in [4.78, 5) is 25.5. The van der Waals surface area contributed by atoms with E-state index < -0.39 is 0 Å². The number of para-hydroxylation sites is 1. The molecule has 12 nitrogen and oxygen atoms in total. The molecule has 4 N–H and O–H groups in total. The van der Waals surface area contributed by atoms with E-state index in [9.17, 15) is 9.90 Å². The van der Waals surface area contributed by atoms with Crippen molar-refractivity contribution < 1.29 is 9.90 Å². The number of phenols is 1. The summed E-state index contributed by atoms with van der Waals surface area (Å²) < 4.78 is 1.70. The second-order valence-corrected chi connectivity index (χ2v) is 9.21. The average molecular weight is 539 g/mol. The number of carbonyl (C=O) groups excluding carboxylic acids is 1. The third-order valence-electron chi connectivity index (χ3n) is 6.68. The molecule has 1 fully saturated rings. The summed E-state index contributed by atoms with van der Waals surface area (Å²) in [5.41, 5.74) is 9.47. The normalized spacial score (nSPS) is 13.1. The lowest BCUT2D eigenvalue weighted by molar-refractivity contribution is 0.0953. The van der Waals surface area contributed by atoms with Crippen molar-refractivity contribution in [1.82, 2.24) is 35.3 Å². The van der Waals surface area contributed by atoms with E-state index in [0.717, 1.165) is 23.6 Å². The van der Waals surface area contributed by atoms with Gasteiger partial charge in [0.25, 0.3) is 5.91 Å². The van der Waals surface area contributed by atoms with Crippen LogP contribution in [0.4, 0.5) is 17.3 Å². The Balaban J connectivity index is 1.19. The number of anilines is 3. The Bertz CT molecular complexity index is 1580. The maximum absolute atomic E-state index is 12.3. The zero-order valence-electron chi connectivity index (χ0n) is 22.4. The third kappa shape index (κ3) is 5.78. The molecule has 1 amide bonds. The molecule has 0 radical (unpaired) electrons. The Kier molecular flexibility index (Phi) is 7.72. The number of hydrogen-bond acceptors (Lipinski definition) is 10. The SMILES string of the molecule is CCc1cc(C(=O)NCC#Cc2nccc(N3CCN(c4cc(-c5ccccc5O)nnc4N)CC3)n2)nn1C. The maximum Gasteiger partial charge on any atom is 0.272 e. The smallest absolute Gasteiger partial charge is 0.272 e. The van der Waals surface area contributed by atoms with Crippen molar-refractivity contribution >= 4 is 23.2 Å². The Morgan fingerprint density at radius 2 is 1.88 bits per heavy atom. The van der Waals surface area contributed by atoms with Gasteiger partial charge in [0.1, 0.15) is 17.3 Å². The van der Waals surface area contributed by atoms with Crippen LogP contribution in [0.25, 0.3) is 11.3 Å². The van der Waals surface area contributed by atoms with E-state index in [4.69, 9.17) is 5.73 Å². The first-order valence-electron chi connectivity index (χ1n) is 13.0. The lowest BCUT2D eigenvalue weighted by atomic mass is 10.1. The van der Waals surface area contributed by atoms with Gasteiger partial charge in [0.2, 0.25) is 5.82 Å². The first kappa shape index (κ1) is 26.4. The van der Waals surface area contributed by atoms with E-state index in [1.165, 1.54) is 0 Å². The minimum absolute atomic E-state index is 0.140. The van der Waals surface area contributed by atoms with E-state index in [1.54, 1.807) is 35.1 Å². The van der Waals surface area contributed by atoms with E-state index in [1.807, 2.05) is 32.2 Å². The van der Waals surface area contributed by atoms with Crippen molar-refractivity contribution in [3.8, 4) is 28.8 Å². The fourth-order valence-electron chi connectivity index (χ4n) is 4.51. The standard InChI is InChI=1S/C28H30N10O2/c1-3-19-17-22(35-36(19)2)28(40)31-11-6-9-25-30-12-10-26(32-25)38-15-13-37(14-16-38)23-18-21(33-34-27(23)29)20-7-4-5-8-24(20)39/h4-5,7-8,10,12,17-18,39H,3,11,13-16H2,1-2H3,(H2,29,34)(H,31,40). The van der Waals surface area contributed by atoms with Gasteiger partial charge in [-0.25, -0.2) is 9.97 Å². The largest absolute Gasteiger partial charge is 0.507 e. The molecule has 1 aromatic carbocycles. The number of aromatic nitrogens is 6. The number of carbonyl (C=O) groups is 1. The molecule has 0 atom stereocenters. The number of nitrogen functional groups attached to an aromatic ring is 1. The van der Waals surface area contributed by atoms with Gasteiger partial charge in [-0.05, 0) is 42.7 Å². The monoisotopic (exact) mass is 538 g/mol. The molecule has 3 aromatic heterocycles. The number of phenolic OH excluding ortho intramolecular Hbond substituents is 1. The molecule has 0 saturated carbocycles. The van der Waals surface area contributed by atoms with Crippen molar-refractivity contribution in [2.45, 2.75) is 13.3 Å². The summed E-state index contributed by atoms with van der Waals surface area (Å²) in [6.45, 7) is 4.98. The molecule has 1 aliphatic rings. The first-order valence-corrected chi connectivity index (χ1v) is 13.0. The minimum Gasteiger partial charge on any atom is -0.507 e. The van der Waals surface area contributed by atoms with Crippen LogP contribution in [0, 0.1) is 11.8 Å². The number of benzene rings is 1. The minimum atomic E-state index is -0.269. The Morgan fingerprint density at radius 1 is 1.10 bits per heavy atom. The van der Waals surface area contributed by atoms with Crippen molar-refractivity contribution in [3.63, 3.8) is 0 Å². The Labute approximate surface area is 231 Å². The predicted octanol–water partition coefficient (Wildman–Crippen LogP) is 1.63. The number of nitrogens with zero attached hydrogens (tertiary/aromatic N) is 8. The summed E-state index contributed by atoms with van der Waals surface area (Å²) in [6, 6.07) is 12.5. The van der Waals surface area contributed by atoms with Gasteiger partial charge in [-0.2, -0.15) is 5.10 Å². The van der Waals surface area contributed by atoms with Gasteiger partial charge in [-0.1, -0.05) is 25.0 Å². The van der Waals surface area contributed by atoms with Crippen LogP contribution < -0.4 is 20.9 Å². The third-order valence-corrected chi connectivity index (χ3v) is 6.68. The number of nitrogens with two attached hydrogens (primary N) is 1. The number of nitrogens with one attached hydrogen (secondary N) is 1. The summed E-state index contributed by atoms with van der Waals surface area (Å²) in [7, 11) is 1.82. The summed E-state index contributed by atoms with van der Waals surface area (Å²) >= 11 is 0. The van der Waals surface area contributed by atoms with Crippen LogP contribution in [0.3, 0.4) is 0 Å². The summed E-state index contributed by atoms with van der Waals surface area (Å²) in [5, 5.41) is 25.5. The fourth-order valence-corrected chi connectivity index (χ4v) is 4.51. The second kappa shape index (κ2) is 11.7. The average Bonchev–Trinajstić information content (AvgIpc) is 3.37. The molecular formula is C28H30N10O2. The highest BCUT2D eigenvalue weighted by atomic mass is 16.3. The number of rotatable bonds is 6. The molecule has 4 aromatic rings. The van der Waals surface area contributed by atoms with E-state index in [-0.39, 0.29) is 18.2 Å². The van der Waals surface area contributed by atoms with Crippen LogP contribution in [-0.4, -0.2) is 73.7 Å². The Hall–Kier alpha value is -5.18. The van der Waals surface area contributed by atoms with Crippen LogP contribution in [0.1, 0.15) is 28.9 Å². The zero-order valence-corrected chi connectivity index (χ0v) is 22.4. The highest BCUT2D eigenvalue weighted by molar-refractivity contribution is 5.92. The lowest BCUT2D eigenvalue weighted by Gasteiger charge is -2.36.